The summed E-state index contributed by atoms with van der Waals surface area (Å²) in [5.41, 5.74) is -0.627. The molecule has 0 saturated carbocycles. The molecule has 0 aliphatic heterocycles. The van der Waals surface area contributed by atoms with Crippen molar-refractivity contribution in [3.63, 3.8) is 0 Å². The van der Waals surface area contributed by atoms with Gasteiger partial charge >= 0.3 is 6.18 Å². The Kier molecular flexibility index (Phi) is 11.9. The molecule has 0 spiro atoms. The van der Waals surface area contributed by atoms with Gasteiger partial charge in [-0.25, -0.2) is 12.8 Å². The topological polar surface area (TPSA) is 86.8 Å². The van der Waals surface area contributed by atoms with Crippen molar-refractivity contribution in [3.8, 4) is 0 Å². The molecule has 0 radical (unpaired) electrons. The van der Waals surface area contributed by atoms with Gasteiger partial charge in [0.2, 0.25) is 11.8 Å². The molecule has 0 saturated heterocycles. The second-order valence-corrected chi connectivity index (χ2v) is 13.7. The Labute approximate surface area is 282 Å². The molecular formula is C35H34ClF4N3O4S. The molecule has 0 aliphatic rings. The summed E-state index contributed by atoms with van der Waals surface area (Å²) >= 11 is 5.85. The van der Waals surface area contributed by atoms with Crippen molar-refractivity contribution >= 4 is 39.1 Å². The van der Waals surface area contributed by atoms with Gasteiger partial charge in [0.15, 0.2) is 0 Å². The number of halogens is 5. The van der Waals surface area contributed by atoms with Gasteiger partial charge in [0.1, 0.15) is 18.4 Å². The zero-order valence-electron chi connectivity index (χ0n) is 26.1. The molecule has 4 rings (SSSR count). The van der Waals surface area contributed by atoms with E-state index in [0.29, 0.717) is 21.5 Å². The molecule has 48 heavy (non-hydrogen) atoms. The smallest absolute Gasteiger partial charge is 0.354 e. The van der Waals surface area contributed by atoms with Gasteiger partial charge in [0, 0.05) is 19.5 Å². The van der Waals surface area contributed by atoms with Gasteiger partial charge in [-0.15, -0.1) is 0 Å². The Morgan fingerprint density at radius 3 is 2.04 bits per heavy atom. The van der Waals surface area contributed by atoms with Crippen LogP contribution in [0.2, 0.25) is 5.02 Å². The second kappa shape index (κ2) is 15.7. The molecule has 0 aromatic heterocycles. The highest BCUT2D eigenvalue weighted by atomic mass is 35.5. The maximum absolute atomic E-state index is 14.4. The Balaban J connectivity index is 1.85. The van der Waals surface area contributed by atoms with Crippen LogP contribution in [0.1, 0.15) is 30.5 Å². The minimum Gasteiger partial charge on any atom is -0.354 e. The van der Waals surface area contributed by atoms with Crippen molar-refractivity contribution in [1.29, 1.82) is 0 Å². The van der Waals surface area contributed by atoms with Gasteiger partial charge < -0.3 is 10.2 Å². The van der Waals surface area contributed by atoms with E-state index in [0.717, 1.165) is 12.1 Å². The van der Waals surface area contributed by atoms with Gasteiger partial charge in [-0.3, -0.25) is 13.9 Å². The highest BCUT2D eigenvalue weighted by molar-refractivity contribution is 7.92. The molecule has 0 unspecified atom stereocenters. The number of anilines is 1. The largest absolute Gasteiger partial charge is 0.417 e. The summed E-state index contributed by atoms with van der Waals surface area (Å²) in [5, 5.41) is 2.18. The molecule has 0 bridgehead atoms. The maximum Gasteiger partial charge on any atom is 0.417 e. The number of benzene rings is 4. The minimum absolute atomic E-state index is 0.0301. The average molecular weight is 704 g/mol. The maximum atomic E-state index is 14.4. The van der Waals surface area contributed by atoms with E-state index in [9.17, 15) is 35.6 Å². The fourth-order valence-corrected chi connectivity index (χ4v) is 6.55. The predicted octanol–water partition coefficient (Wildman–Crippen LogP) is 7.11. The Morgan fingerprint density at radius 1 is 0.854 bits per heavy atom. The lowest BCUT2D eigenvalue weighted by Crippen LogP contribution is -2.53. The first-order valence-corrected chi connectivity index (χ1v) is 16.8. The molecule has 1 N–H and O–H groups in total. The number of nitrogens with zero attached hydrogens (tertiary/aromatic N) is 2. The van der Waals surface area contributed by atoms with Crippen LogP contribution in [0.25, 0.3) is 0 Å². The molecule has 254 valence electrons. The summed E-state index contributed by atoms with van der Waals surface area (Å²) < 4.78 is 84.2. The first-order valence-electron chi connectivity index (χ1n) is 15.0. The SMILES string of the molecule is CC(C)CNC(=O)[C@H](Cc1ccccc1)N(Cc1ccc(F)cc1)C(=O)CN(c1ccc(Cl)c(C(F)(F)F)c1)S(=O)(=O)c1ccccc1. The van der Waals surface area contributed by atoms with E-state index < -0.39 is 62.7 Å². The lowest BCUT2D eigenvalue weighted by Gasteiger charge is -2.34. The van der Waals surface area contributed by atoms with Crippen LogP contribution in [-0.2, 0) is 38.8 Å². The van der Waals surface area contributed by atoms with Crippen LogP contribution in [0.15, 0.2) is 108 Å². The van der Waals surface area contributed by atoms with E-state index in [4.69, 9.17) is 11.6 Å². The Bertz CT molecular complexity index is 1810. The quantitative estimate of drug-likeness (QED) is 0.151. The van der Waals surface area contributed by atoms with Crippen LogP contribution in [-0.4, -0.2) is 44.3 Å². The van der Waals surface area contributed by atoms with E-state index in [1.807, 2.05) is 13.8 Å². The molecule has 1 atom stereocenters. The average Bonchev–Trinajstić information content (AvgIpc) is 3.05. The van der Waals surface area contributed by atoms with Crippen molar-refractivity contribution < 1.29 is 35.6 Å². The number of rotatable bonds is 13. The van der Waals surface area contributed by atoms with E-state index in [1.54, 1.807) is 36.4 Å². The molecule has 4 aromatic carbocycles. The number of amides is 2. The molecule has 4 aromatic rings. The second-order valence-electron chi connectivity index (χ2n) is 11.5. The van der Waals surface area contributed by atoms with Crippen LogP contribution in [0, 0.1) is 11.7 Å². The van der Waals surface area contributed by atoms with E-state index in [-0.39, 0.29) is 30.3 Å². The molecule has 0 fully saturated rings. The molecule has 7 nitrogen and oxygen atoms in total. The highest BCUT2D eigenvalue weighted by Gasteiger charge is 2.37. The Hall–Kier alpha value is -4.42. The standard InChI is InChI=1S/C35H34ClF4N3O4S/c1-24(2)21-41-34(45)32(19-25-9-5-3-6-10-25)42(22-26-13-15-27(37)16-14-26)33(44)23-43(48(46,47)29-11-7-4-8-12-29)28-17-18-31(36)30(20-28)35(38,39)40/h3-18,20,24,32H,19,21-23H2,1-2H3,(H,41,45)/t32-/m0/s1. The number of hydrogen-bond acceptors (Lipinski definition) is 4. The van der Waals surface area contributed by atoms with Gasteiger partial charge in [-0.1, -0.05) is 86.1 Å². The molecular weight excluding hydrogens is 670 g/mol. The van der Waals surface area contributed by atoms with Crippen LogP contribution in [0.4, 0.5) is 23.2 Å². The number of nitrogens with one attached hydrogen (secondary N) is 1. The number of alkyl halides is 3. The van der Waals surface area contributed by atoms with Crippen molar-refractivity contribution in [2.24, 2.45) is 5.92 Å². The van der Waals surface area contributed by atoms with E-state index in [1.165, 1.54) is 53.4 Å². The van der Waals surface area contributed by atoms with Crippen molar-refractivity contribution in [1.82, 2.24) is 10.2 Å². The number of carbonyl (C=O) groups is 2. The van der Waals surface area contributed by atoms with Crippen LogP contribution < -0.4 is 9.62 Å². The summed E-state index contributed by atoms with van der Waals surface area (Å²) in [4.78, 5) is 29.1. The van der Waals surface area contributed by atoms with Crippen LogP contribution in [0.3, 0.4) is 0 Å². The first-order chi connectivity index (χ1) is 22.7. The van der Waals surface area contributed by atoms with E-state index >= 15 is 0 Å². The highest BCUT2D eigenvalue weighted by Crippen LogP contribution is 2.38. The summed E-state index contributed by atoms with van der Waals surface area (Å²) in [7, 11) is -4.64. The summed E-state index contributed by atoms with van der Waals surface area (Å²) in [6.07, 6.45) is -4.90. The molecule has 13 heteroatoms. The van der Waals surface area contributed by atoms with Crippen molar-refractivity contribution in [2.45, 2.75) is 43.9 Å². The third kappa shape index (κ3) is 9.35. The van der Waals surface area contributed by atoms with Crippen molar-refractivity contribution in [2.75, 3.05) is 17.4 Å². The Morgan fingerprint density at radius 2 is 1.46 bits per heavy atom. The third-order valence-electron chi connectivity index (χ3n) is 7.38. The van der Waals surface area contributed by atoms with Gasteiger partial charge in [-0.05, 0) is 59.5 Å². The van der Waals surface area contributed by atoms with Crippen LogP contribution >= 0.6 is 11.6 Å². The lowest BCUT2D eigenvalue weighted by atomic mass is 10.0. The number of sulfonamides is 1. The normalized spacial score (nSPS) is 12.4. The molecule has 0 aliphatic carbocycles. The number of hydrogen-bond donors (Lipinski definition) is 1. The first kappa shape index (κ1) is 36.4. The molecule has 2 amide bonds. The lowest BCUT2D eigenvalue weighted by molar-refractivity contribution is -0.140. The summed E-state index contributed by atoms with van der Waals surface area (Å²) in [6.45, 7) is 2.85. The third-order valence-corrected chi connectivity index (χ3v) is 9.49. The monoisotopic (exact) mass is 703 g/mol. The van der Waals surface area contributed by atoms with Crippen molar-refractivity contribution in [3.05, 3.63) is 131 Å². The van der Waals surface area contributed by atoms with E-state index in [2.05, 4.69) is 5.32 Å². The predicted molar refractivity (Wildman–Crippen MR) is 176 cm³/mol. The molecule has 0 heterocycles. The van der Waals surface area contributed by atoms with Gasteiger partial charge in [0.05, 0.1) is 21.2 Å². The zero-order valence-corrected chi connectivity index (χ0v) is 27.7. The van der Waals surface area contributed by atoms with Gasteiger partial charge in [0.25, 0.3) is 10.0 Å². The summed E-state index contributed by atoms with van der Waals surface area (Å²) in [5.74, 6) is -1.88. The minimum atomic E-state index is -4.93. The fourth-order valence-electron chi connectivity index (χ4n) is 4.90. The fraction of sp³-hybridized carbons (Fsp3) is 0.257. The van der Waals surface area contributed by atoms with Crippen LogP contribution in [0.5, 0.6) is 0 Å². The summed E-state index contributed by atoms with van der Waals surface area (Å²) in [6, 6.07) is 22.4. The zero-order chi connectivity index (χ0) is 35.1. The van der Waals surface area contributed by atoms with Gasteiger partial charge in [-0.2, -0.15) is 13.2 Å². The number of carbonyl (C=O) groups excluding carboxylic acids is 2.